The largest absolute Gasteiger partial charge is 1.00 e. The molecule has 0 spiro atoms. The SMILES string of the molecule is O=S(=O)([O-])c1cccc2c(N=Nc3ccc(N=Nc4cccc(SOO[O-])c4)c4ccccc34)ccc(Nc3ccccc3)c12.[Na+].[Na+]. The van der Waals surface area contributed by atoms with Crippen LogP contribution in [-0.4, -0.2) is 13.0 Å². The van der Waals surface area contributed by atoms with Crippen LogP contribution in [0.1, 0.15) is 0 Å². The third kappa shape index (κ3) is 8.91. The predicted octanol–water partition coefficient (Wildman–Crippen LogP) is 2.71. The van der Waals surface area contributed by atoms with Gasteiger partial charge < -0.3 is 15.1 Å². The van der Waals surface area contributed by atoms with Crippen LogP contribution in [0.25, 0.3) is 21.5 Å². The number of anilines is 2. The smallest absolute Gasteiger partial charge is 0.744 e. The van der Waals surface area contributed by atoms with Gasteiger partial charge in [-0.2, -0.15) is 9.45 Å². The molecule has 0 radical (unpaired) electrons. The Morgan fingerprint density at radius 2 is 1.21 bits per heavy atom. The van der Waals surface area contributed by atoms with Crippen LogP contribution in [0.15, 0.2) is 152 Å². The average Bonchev–Trinajstić information content (AvgIpc) is 3.06. The Bertz CT molecular complexity index is 2190. The van der Waals surface area contributed by atoms with Gasteiger partial charge in [-0.15, -0.1) is 15.3 Å². The van der Waals surface area contributed by atoms with E-state index in [1.807, 2.05) is 54.6 Å². The number of nitrogens with zero attached hydrogens (tertiary/aromatic N) is 4. The van der Waals surface area contributed by atoms with Crippen LogP contribution in [0.3, 0.4) is 0 Å². The van der Waals surface area contributed by atoms with Gasteiger partial charge in [-0.1, -0.05) is 60.7 Å². The molecule has 11 nitrogen and oxygen atoms in total. The van der Waals surface area contributed by atoms with Crippen LogP contribution in [0.4, 0.5) is 34.1 Å². The number of nitrogens with one attached hydrogen (secondary N) is 1. The molecule has 0 fully saturated rings. The van der Waals surface area contributed by atoms with Gasteiger partial charge in [0.15, 0.2) is 0 Å². The molecule has 0 heterocycles. The molecule has 0 unspecified atom stereocenters. The van der Waals surface area contributed by atoms with Gasteiger partial charge in [-0.25, -0.2) is 8.42 Å². The zero-order valence-electron chi connectivity index (χ0n) is 25.1. The van der Waals surface area contributed by atoms with E-state index in [1.54, 1.807) is 54.6 Å². The zero-order valence-corrected chi connectivity index (χ0v) is 30.7. The molecule has 0 saturated carbocycles. The summed E-state index contributed by atoms with van der Waals surface area (Å²) in [4.78, 5) is 0.255. The van der Waals surface area contributed by atoms with E-state index in [9.17, 15) is 18.2 Å². The second-order valence-corrected chi connectivity index (χ2v) is 11.6. The van der Waals surface area contributed by atoms with Crippen molar-refractivity contribution in [3.63, 3.8) is 0 Å². The Hall–Kier alpha value is -3.02. The molecular weight excluding hydrogens is 660 g/mol. The molecule has 0 atom stereocenters. The third-order valence-electron chi connectivity index (χ3n) is 6.69. The molecule has 0 aliphatic heterocycles. The second-order valence-electron chi connectivity index (χ2n) is 9.52. The van der Waals surface area contributed by atoms with Gasteiger partial charge in [-0.05, 0) is 60.7 Å². The summed E-state index contributed by atoms with van der Waals surface area (Å²) in [7, 11) is -4.80. The van der Waals surface area contributed by atoms with Crippen molar-refractivity contribution in [2.45, 2.75) is 9.79 Å². The summed E-state index contributed by atoms with van der Waals surface area (Å²) in [5, 5.41) is 36.7. The molecule has 0 aliphatic rings. The van der Waals surface area contributed by atoms with Crippen LogP contribution in [0.2, 0.25) is 0 Å². The first-order valence-corrected chi connectivity index (χ1v) is 15.5. The molecule has 47 heavy (non-hydrogen) atoms. The van der Waals surface area contributed by atoms with Gasteiger partial charge in [0.25, 0.3) is 0 Å². The molecule has 6 aromatic rings. The summed E-state index contributed by atoms with van der Waals surface area (Å²) in [6.45, 7) is 0. The average molecular weight is 682 g/mol. The van der Waals surface area contributed by atoms with Crippen molar-refractivity contribution < 1.29 is 86.7 Å². The topological polar surface area (TPSA) is 160 Å². The van der Waals surface area contributed by atoms with E-state index in [0.29, 0.717) is 38.7 Å². The monoisotopic (exact) mass is 681 g/mol. The van der Waals surface area contributed by atoms with Gasteiger partial charge in [0, 0.05) is 37.8 Å². The molecule has 1 N–H and O–H groups in total. The summed E-state index contributed by atoms with van der Waals surface area (Å²) < 4.78 is 41.1. The quantitative estimate of drug-likeness (QED) is 0.0577. The summed E-state index contributed by atoms with van der Waals surface area (Å²) in [5.74, 6) is 0. The maximum atomic E-state index is 12.2. The molecule has 0 saturated heterocycles. The predicted molar refractivity (Wildman–Crippen MR) is 168 cm³/mol. The summed E-state index contributed by atoms with van der Waals surface area (Å²) in [6, 6.07) is 35.0. The standard InChI is InChI=1S/C32H23N5O6S2.2Na/c38-42-43-44-23-11-6-10-22(20-23)34-35-27-16-17-28(25-13-5-4-12-24(25)27)36-37-29-18-19-30(33-21-8-2-1-3-9-21)32-26(29)14-7-15-31(32)45(39,40)41;;/h1-20,33,38H,(H,39,40,41);;/q;2*+1/p-2. The number of fused-ring (bicyclic) bond motifs is 2. The first-order valence-electron chi connectivity index (χ1n) is 13.3. The van der Waals surface area contributed by atoms with Crippen LogP contribution in [-0.2, 0) is 19.5 Å². The Kier molecular flexibility index (Phi) is 13.2. The van der Waals surface area contributed by atoms with Crippen molar-refractivity contribution in [3.8, 4) is 0 Å². The van der Waals surface area contributed by atoms with Gasteiger partial charge >= 0.3 is 59.1 Å². The van der Waals surface area contributed by atoms with Gasteiger partial charge in [0.1, 0.15) is 10.1 Å². The maximum Gasteiger partial charge on any atom is 1.00 e. The summed E-state index contributed by atoms with van der Waals surface area (Å²) >= 11 is 0.760. The van der Waals surface area contributed by atoms with Crippen molar-refractivity contribution in [2.75, 3.05) is 5.32 Å². The van der Waals surface area contributed by atoms with Crippen molar-refractivity contribution in [1.29, 1.82) is 0 Å². The van der Waals surface area contributed by atoms with Crippen molar-refractivity contribution in [3.05, 3.63) is 121 Å². The Labute approximate surface area is 318 Å². The minimum absolute atomic E-state index is 0. The number of hydrogen-bond acceptors (Lipinski definition) is 12. The fourth-order valence-electron chi connectivity index (χ4n) is 4.75. The Balaban J connectivity index is 0.00000250. The fraction of sp³-hybridized carbons (Fsp3) is 0. The number of rotatable bonds is 10. The summed E-state index contributed by atoms with van der Waals surface area (Å²) in [5.41, 5.74) is 3.23. The van der Waals surface area contributed by atoms with E-state index in [2.05, 4.69) is 35.1 Å². The van der Waals surface area contributed by atoms with E-state index >= 15 is 0 Å². The zero-order chi connectivity index (χ0) is 31.2. The first kappa shape index (κ1) is 36.8. The normalized spacial score (nSPS) is 11.5. The molecule has 0 bridgehead atoms. The van der Waals surface area contributed by atoms with Crippen LogP contribution in [0.5, 0.6) is 0 Å². The maximum absolute atomic E-state index is 12.2. The van der Waals surface area contributed by atoms with Crippen LogP contribution in [0, 0.1) is 0 Å². The molecule has 6 rings (SSSR count). The van der Waals surface area contributed by atoms with E-state index < -0.39 is 10.1 Å². The fourth-order valence-corrected chi connectivity index (χ4v) is 5.87. The van der Waals surface area contributed by atoms with Gasteiger partial charge in [0.2, 0.25) is 0 Å². The molecule has 15 heteroatoms. The minimum atomic E-state index is -4.80. The number of benzene rings is 6. The molecule has 0 aliphatic carbocycles. The molecule has 6 aromatic carbocycles. The Morgan fingerprint density at radius 1 is 0.638 bits per heavy atom. The molecule has 0 aromatic heterocycles. The summed E-state index contributed by atoms with van der Waals surface area (Å²) in [6.07, 6.45) is 0. The van der Waals surface area contributed by atoms with Crippen molar-refractivity contribution in [1.82, 2.24) is 0 Å². The Morgan fingerprint density at radius 3 is 1.87 bits per heavy atom. The second kappa shape index (κ2) is 16.9. The van der Waals surface area contributed by atoms with Gasteiger partial charge in [0.05, 0.1) is 39.7 Å². The number of para-hydroxylation sites is 1. The van der Waals surface area contributed by atoms with Crippen molar-refractivity contribution >= 4 is 77.8 Å². The molecule has 0 amide bonds. The van der Waals surface area contributed by atoms with E-state index in [1.165, 1.54) is 12.1 Å². The van der Waals surface area contributed by atoms with Crippen molar-refractivity contribution in [2.24, 2.45) is 20.5 Å². The van der Waals surface area contributed by atoms with E-state index in [-0.39, 0.29) is 69.4 Å². The van der Waals surface area contributed by atoms with Crippen LogP contribution < -0.4 is 69.7 Å². The third-order valence-corrected chi connectivity index (χ3v) is 8.14. The minimum Gasteiger partial charge on any atom is -0.744 e. The van der Waals surface area contributed by atoms with Gasteiger partial charge in [-0.3, -0.25) is 5.04 Å². The van der Waals surface area contributed by atoms with Crippen LogP contribution >= 0.6 is 12.0 Å². The number of azo groups is 2. The molecule has 224 valence electrons. The first-order chi connectivity index (χ1) is 21.9. The van der Waals surface area contributed by atoms with E-state index in [4.69, 9.17) is 0 Å². The van der Waals surface area contributed by atoms with E-state index in [0.717, 1.165) is 28.5 Å². The number of hydrogen-bond donors (Lipinski definition) is 1. The molecular formula is C32H21N5Na2O6S2.